The van der Waals surface area contributed by atoms with Gasteiger partial charge in [0.25, 0.3) is 0 Å². The predicted molar refractivity (Wildman–Crippen MR) is 96.3 cm³/mol. The first-order valence-electron chi connectivity index (χ1n) is 7.67. The topological polar surface area (TPSA) is 57.5 Å². The second kappa shape index (κ2) is 6.28. The molecule has 3 aromatic rings. The van der Waals surface area contributed by atoms with Crippen LogP contribution < -0.4 is 9.57 Å². The quantitative estimate of drug-likeness (QED) is 0.413. The van der Waals surface area contributed by atoms with Crippen molar-refractivity contribution in [1.29, 1.82) is 0 Å². The number of fused-ring (bicyclic) bond motifs is 3. The number of nitrogens with zero attached hydrogens (tertiary/aromatic N) is 1. The molecule has 0 unspecified atom stereocenters. The Kier molecular flexibility index (Phi) is 4.15. The van der Waals surface area contributed by atoms with E-state index in [9.17, 15) is 9.59 Å². The first kappa shape index (κ1) is 16.5. The van der Waals surface area contributed by atoms with E-state index in [0.717, 1.165) is 16.3 Å². The van der Waals surface area contributed by atoms with Crippen LogP contribution in [0.15, 0.2) is 66.8 Å². The third-order valence-corrected chi connectivity index (χ3v) is 3.68. The fourth-order valence-corrected chi connectivity index (χ4v) is 2.43. The summed E-state index contributed by atoms with van der Waals surface area (Å²) in [5.41, 5.74) is 1.93. The molecule has 5 heteroatoms. The van der Waals surface area contributed by atoms with Crippen LogP contribution in [0.1, 0.15) is 13.8 Å². The van der Waals surface area contributed by atoms with E-state index in [2.05, 4.69) is 13.2 Å². The van der Waals surface area contributed by atoms with Gasteiger partial charge in [0.15, 0.2) is 0 Å². The zero-order valence-electron chi connectivity index (χ0n) is 14.0. The third kappa shape index (κ3) is 3.04. The smallest absolute Gasteiger partial charge is 0.358 e. The molecule has 0 fully saturated rings. The van der Waals surface area contributed by atoms with Crippen LogP contribution in [-0.2, 0) is 9.59 Å². The van der Waals surface area contributed by atoms with Crippen molar-refractivity contribution >= 4 is 33.7 Å². The Morgan fingerprint density at radius 3 is 2.20 bits per heavy atom. The molecule has 0 aliphatic rings. The van der Waals surface area contributed by atoms with Crippen molar-refractivity contribution in [1.82, 2.24) is 4.73 Å². The van der Waals surface area contributed by atoms with Crippen molar-refractivity contribution in [3.63, 3.8) is 0 Å². The van der Waals surface area contributed by atoms with Gasteiger partial charge in [-0.25, -0.2) is 9.59 Å². The highest BCUT2D eigenvalue weighted by molar-refractivity contribution is 6.08. The number of hydrogen-bond donors (Lipinski definition) is 0. The average Bonchev–Trinajstić information content (AvgIpc) is 2.88. The third-order valence-electron chi connectivity index (χ3n) is 3.68. The van der Waals surface area contributed by atoms with Gasteiger partial charge in [0.1, 0.15) is 5.75 Å². The average molecular weight is 335 g/mol. The van der Waals surface area contributed by atoms with E-state index in [1.54, 1.807) is 26.0 Å². The number of para-hydroxylation sites is 1. The zero-order chi connectivity index (χ0) is 18.1. The highest BCUT2D eigenvalue weighted by atomic mass is 16.7. The summed E-state index contributed by atoms with van der Waals surface area (Å²) in [4.78, 5) is 29.2. The molecule has 0 spiro atoms. The van der Waals surface area contributed by atoms with Gasteiger partial charge in [-0.1, -0.05) is 31.4 Å². The van der Waals surface area contributed by atoms with Crippen molar-refractivity contribution < 1.29 is 19.2 Å². The maximum atomic E-state index is 12.0. The molecule has 0 amide bonds. The van der Waals surface area contributed by atoms with E-state index in [-0.39, 0.29) is 5.57 Å². The Hall–Kier alpha value is -3.34. The molecule has 5 nitrogen and oxygen atoms in total. The Morgan fingerprint density at radius 2 is 1.52 bits per heavy atom. The van der Waals surface area contributed by atoms with Crippen molar-refractivity contribution in [2.24, 2.45) is 0 Å². The number of ether oxygens (including phenoxy) is 1. The first-order chi connectivity index (χ1) is 11.9. The second-order valence-corrected chi connectivity index (χ2v) is 5.82. The van der Waals surface area contributed by atoms with E-state index in [4.69, 9.17) is 9.57 Å². The van der Waals surface area contributed by atoms with Crippen molar-refractivity contribution in [2.45, 2.75) is 13.8 Å². The minimum absolute atomic E-state index is 0.288. The number of aromatic nitrogens is 1. The lowest BCUT2D eigenvalue weighted by Gasteiger charge is -2.08. The van der Waals surface area contributed by atoms with Gasteiger partial charge in [-0.05, 0) is 32.0 Å². The highest BCUT2D eigenvalue weighted by Gasteiger charge is 2.16. The Labute approximate surface area is 144 Å². The van der Waals surface area contributed by atoms with Crippen LogP contribution in [0.5, 0.6) is 5.75 Å². The standard InChI is InChI=1S/C20H17NO4/c1-12(2)19(22)24-14-9-10-16-15-7-5-6-8-17(15)21(18(16)11-14)25-20(23)13(3)4/h5-11H,1,3H2,2,4H3. The molecular formula is C20H17NO4. The first-order valence-corrected chi connectivity index (χ1v) is 7.67. The molecule has 1 aromatic heterocycles. The maximum Gasteiger partial charge on any atom is 0.358 e. The number of esters is 1. The lowest BCUT2D eigenvalue weighted by molar-refractivity contribution is -0.138. The largest absolute Gasteiger partial charge is 0.423 e. The van der Waals surface area contributed by atoms with Gasteiger partial charge in [-0.15, -0.1) is 0 Å². The summed E-state index contributed by atoms with van der Waals surface area (Å²) in [5, 5.41) is 1.80. The minimum atomic E-state index is -0.535. The van der Waals surface area contributed by atoms with Crippen molar-refractivity contribution in [3.8, 4) is 5.75 Å². The van der Waals surface area contributed by atoms with Gasteiger partial charge in [0.05, 0.1) is 11.0 Å². The van der Waals surface area contributed by atoms with Crippen LogP contribution >= 0.6 is 0 Å². The number of carbonyl (C=O) groups is 2. The number of benzene rings is 2. The van der Waals surface area contributed by atoms with E-state index in [0.29, 0.717) is 16.8 Å². The molecule has 0 N–H and O–H groups in total. The molecule has 0 bridgehead atoms. The Bertz CT molecular complexity index is 1040. The predicted octanol–water partition coefficient (Wildman–Crippen LogP) is 3.81. The lowest BCUT2D eigenvalue weighted by Crippen LogP contribution is -2.19. The van der Waals surface area contributed by atoms with Crippen LogP contribution in [0.25, 0.3) is 21.8 Å². The van der Waals surface area contributed by atoms with E-state index < -0.39 is 11.9 Å². The fraction of sp³-hybridized carbons (Fsp3) is 0.100. The monoisotopic (exact) mass is 335 g/mol. The molecule has 0 aliphatic heterocycles. The van der Waals surface area contributed by atoms with Gasteiger partial charge in [-0.3, -0.25) is 0 Å². The van der Waals surface area contributed by atoms with Crippen molar-refractivity contribution in [2.75, 3.05) is 0 Å². The van der Waals surface area contributed by atoms with Crippen molar-refractivity contribution in [3.05, 3.63) is 66.8 Å². The van der Waals surface area contributed by atoms with Gasteiger partial charge in [0, 0.05) is 28.0 Å². The molecule has 0 radical (unpaired) electrons. The lowest BCUT2D eigenvalue weighted by atomic mass is 10.1. The molecule has 25 heavy (non-hydrogen) atoms. The summed E-state index contributed by atoms with van der Waals surface area (Å²) in [6.07, 6.45) is 0. The van der Waals surface area contributed by atoms with E-state index in [1.165, 1.54) is 4.73 Å². The second-order valence-electron chi connectivity index (χ2n) is 5.82. The van der Waals surface area contributed by atoms with Gasteiger partial charge in [0.2, 0.25) is 0 Å². The van der Waals surface area contributed by atoms with Crippen LogP contribution in [0, 0.1) is 0 Å². The molecule has 2 aromatic carbocycles. The molecule has 3 rings (SSSR count). The van der Waals surface area contributed by atoms with E-state index in [1.807, 2.05) is 30.3 Å². The molecular weight excluding hydrogens is 318 g/mol. The summed E-state index contributed by atoms with van der Waals surface area (Å²) < 4.78 is 6.71. The van der Waals surface area contributed by atoms with Crippen LogP contribution in [0.2, 0.25) is 0 Å². The number of hydrogen-bond acceptors (Lipinski definition) is 4. The van der Waals surface area contributed by atoms with Crippen LogP contribution in [-0.4, -0.2) is 16.7 Å². The summed E-state index contributed by atoms with van der Waals surface area (Å²) in [6, 6.07) is 12.7. The maximum absolute atomic E-state index is 12.0. The fourth-order valence-electron chi connectivity index (χ4n) is 2.43. The normalized spacial score (nSPS) is 10.6. The molecule has 0 atom stereocenters. The summed E-state index contributed by atoms with van der Waals surface area (Å²) >= 11 is 0. The Balaban J connectivity index is 2.18. The molecule has 0 aliphatic carbocycles. The minimum Gasteiger partial charge on any atom is -0.423 e. The van der Waals surface area contributed by atoms with Gasteiger partial charge >= 0.3 is 11.9 Å². The highest BCUT2D eigenvalue weighted by Crippen LogP contribution is 2.31. The van der Waals surface area contributed by atoms with Crippen LogP contribution in [0.3, 0.4) is 0 Å². The van der Waals surface area contributed by atoms with E-state index >= 15 is 0 Å². The Morgan fingerprint density at radius 1 is 0.880 bits per heavy atom. The summed E-state index contributed by atoms with van der Waals surface area (Å²) in [5.74, 6) is -0.705. The SMILES string of the molecule is C=C(C)C(=O)Oc1ccc2c3ccccc3n(OC(=O)C(=C)C)c2c1. The molecule has 0 saturated carbocycles. The van der Waals surface area contributed by atoms with Gasteiger partial charge in [-0.2, -0.15) is 4.73 Å². The molecule has 1 heterocycles. The summed E-state index contributed by atoms with van der Waals surface area (Å²) in [7, 11) is 0. The zero-order valence-corrected chi connectivity index (χ0v) is 14.0. The molecule has 0 saturated heterocycles. The molecule has 126 valence electrons. The number of carbonyl (C=O) groups excluding carboxylic acids is 2. The van der Waals surface area contributed by atoms with Crippen LogP contribution in [0.4, 0.5) is 0 Å². The summed E-state index contributed by atoms with van der Waals surface area (Å²) in [6.45, 7) is 10.3. The number of rotatable bonds is 4. The van der Waals surface area contributed by atoms with Gasteiger partial charge < -0.3 is 9.57 Å².